The second-order valence-corrected chi connectivity index (χ2v) is 7.02. The Morgan fingerprint density at radius 2 is 1.84 bits per heavy atom. The maximum Gasteiger partial charge on any atom is 0.407 e. The minimum Gasteiger partial charge on any atom is -0.444 e. The lowest BCUT2D eigenvalue weighted by atomic mass is 10.1. The number of carbonyl (C=O) groups is 1. The third kappa shape index (κ3) is 6.61. The molecular weight excluding hydrogens is 310 g/mol. The lowest BCUT2D eigenvalue weighted by Gasteiger charge is -2.32. The fourth-order valence-corrected chi connectivity index (χ4v) is 2.43. The van der Waals surface area contributed by atoms with Crippen LogP contribution in [-0.4, -0.2) is 35.3 Å². The number of nitrogens with one attached hydrogen (secondary N) is 1. The number of alkyl carbamates (subject to hydrolysis) is 1. The Kier molecular flexibility index (Phi) is 6.12. The zero-order valence-corrected chi connectivity index (χ0v) is 14.0. The molecule has 0 saturated heterocycles. The molecule has 5 heteroatoms. The molecule has 1 fully saturated rings. The Hall–Kier alpha value is -0.290. The summed E-state index contributed by atoms with van der Waals surface area (Å²) in [5, 5.41) is 3.48. The first-order chi connectivity index (χ1) is 8.74. The van der Waals surface area contributed by atoms with Gasteiger partial charge in [0.05, 0.1) is 18.2 Å². The molecule has 1 amide bonds. The van der Waals surface area contributed by atoms with Gasteiger partial charge < -0.3 is 14.8 Å². The van der Waals surface area contributed by atoms with Crippen molar-refractivity contribution in [3.63, 3.8) is 0 Å². The second-order valence-electron chi connectivity index (χ2n) is 6.46. The highest BCUT2D eigenvalue weighted by Crippen LogP contribution is 2.26. The zero-order chi connectivity index (χ0) is 14.5. The van der Waals surface area contributed by atoms with Gasteiger partial charge in [-0.3, -0.25) is 0 Å². The van der Waals surface area contributed by atoms with Crippen LogP contribution in [0.4, 0.5) is 4.79 Å². The van der Waals surface area contributed by atoms with Crippen LogP contribution >= 0.6 is 15.9 Å². The predicted molar refractivity (Wildman–Crippen MR) is 79.8 cm³/mol. The molecule has 1 aliphatic rings. The summed E-state index contributed by atoms with van der Waals surface area (Å²) < 4.78 is 11.3. The van der Waals surface area contributed by atoms with Gasteiger partial charge in [0.2, 0.25) is 0 Å². The minimum absolute atomic E-state index is 0.322. The second kappa shape index (κ2) is 6.93. The summed E-state index contributed by atoms with van der Waals surface area (Å²) in [6, 6.07) is 0. The monoisotopic (exact) mass is 335 g/mol. The Morgan fingerprint density at radius 1 is 1.26 bits per heavy atom. The summed E-state index contributed by atoms with van der Waals surface area (Å²) in [5.74, 6) is 0. The highest BCUT2D eigenvalue weighted by Gasteiger charge is 2.30. The van der Waals surface area contributed by atoms with Gasteiger partial charge in [-0.25, -0.2) is 4.79 Å². The van der Waals surface area contributed by atoms with Crippen LogP contribution in [0.25, 0.3) is 0 Å². The SMILES string of the molecule is CC(C)(C)OC(=O)NCC(C)(CBr)OC1CCCC1. The van der Waals surface area contributed by atoms with Crippen molar-refractivity contribution in [2.45, 2.75) is 70.7 Å². The first kappa shape index (κ1) is 16.8. The summed E-state index contributed by atoms with van der Waals surface area (Å²) in [7, 11) is 0. The number of halogens is 1. The van der Waals surface area contributed by atoms with E-state index in [1.807, 2.05) is 27.7 Å². The normalized spacial score (nSPS) is 20.1. The Morgan fingerprint density at radius 3 is 2.32 bits per heavy atom. The maximum absolute atomic E-state index is 11.7. The van der Waals surface area contributed by atoms with Crippen molar-refractivity contribution in [1.29, 1.82) is 0 Å². The van der Waals surface area contributed by atoms with Crippen molar-refractivity contribution < 1.29 is 14.3 Å². The van der Waals surface area contributed by atoms with E-state index in [1.54, 1.807) is 0 Å². The Balaban J connectivity index is 2.39. The molecule has 0 aliphatic heterocycles. The largest absolute Gasteiger partial charge is 0.444 e. The van der Waals surface area contributed by atoms with Crippen LogP contribution in [0.1, 0.15) is 53.4 Å². The van der Waals surface area contributed by atoms with Gasteiger partial charge in [0, 0.05) is 5.33 Å². The van der Waals surface area contributed by atoms with E-state index in [0.29, 0.717) is 18.0 Å². The molecule has 0 heterocycles. The van der Waals surface area contributed by atoms with Crippen molar-refractivity contribution in [1.82, 2.24) is 5.32 Å². The third-order valence-corrected chi connectivity index (χ3v) is 4.23. The molecule has 0 aromatic heterocycles. The molecule has 0 spiro atoms. The number of ether oxygens (including phenoxy) is 2. The van der Waals surface area contributed by atoms with Crippen LogP contribution in [0.2, 0.25) is 0 Å². The molecule has 19 heavy (non-hydrogen) atoms. The fourth-order valence-electron chi connectivity index (χ4n) is 2.10. The topological polar surface area (TPSA) is 47.6 Å². The van der Waals surface area contributed by atoms with Gasteiger partial charge in [-0.05, 0) is 40.5 Å². The first-order valence-electron chi connectivity index (χ1n) is 6.95. The third-order valence-electron chi connectivity index (χ3n) is 3.04. The average Bonchev–Trinajstić information content (AvgIpc) is 2.77. The molecule has 1 atom stereocenters. The van der Waals surface area contributed by atoms with Gasteiger partial charge in [-0.15, -0.1) is 0 Å². The van der Waals surface area contributed by atoms with Gasteiger partial charge in [0.25, 0.3) is 0 Å². The molecule has 1 N–H and O–H groups in total. The van der Waals surface area contributed by atoms with E-state index in [1.165, 1.54) is 12.8 Å². The highest BCUT2D eigenvalue weighted by atomic mass is 79.9. The van der Waals surface area contributed by atoms with E-state index in [9.17, 15) is 4.79 Å². The summed E-state index contributed by atoms with van der Waals surface area (Å²) in [5.41, 5.74) is -0.854. The van der Waals surface area contributed by atoms with Crippen LogP contribution < -0.4 is 5.32 Å². The van der Waals surface area contributed by atoms with E-state index in [-0.39, 0.29) is 5.60 Å². The summed E-state index contributed by atoms with van der Waals surface area (Å²) in [4.78, 5) is 11.7. The lowest BCUT2D eigenvalue weighted by molar-refractivity contribution is -0.0630. The van der Waals surface area contributed by atoms with Gasteiger partial charge in [0.1, 0.15) is 5.60 Å². The smallest absolute Gasteiger partial charge is 0.407 e. The summed E-state index contributed by atoms with van der Waals surface area (Å²) in [6.45, 7) is 8.02. The van der Waals surface area contributed by atoms with Crippen molar-refractivity contribution in [3.05, 3.63) is 0 Å². The molecule has 112 valence electrons. The number of hydrogen-bond donors (Lipinski definition) is 1. The molecule has 1 unspecified atom stereocenters. The van der Waals surface area contributed by atoms with Gasteiger partial charge in [0.15, 0.2) is 0 Å². The molecule has 0 aromatic carbocycles. The van der Waals surface area contributed by atoms with Crippen LogP contribution in [0.15, 0.2) is 0 Å². The molecule has 1 saturated carbocycles. The Bertz CT molecular complexity index is 298. The van der Waals surface area contributed by atoms with Crippen LogP contribution in [-0.2, 0) is 9.47 Å². The first-order valence-corrected chi connectivity index (χ1v) is 8.07. The highest BCUT2D eigenvalue weighted by molar-refractivity contribution is 9.09. The van der Waals surface area contributed by atoms with E-state index in [0.717, 1.165) is 12.8 Å². The van der Waals surface area contributed by atoms with Gasteiger partial charge >= 0.3 is 6.09 Å². The molecule has 0 radical (unpaired) electrons. The van der Waals surface area contributed by atoms with Crippen LogP contribution in [0.3, 0.4) is 0 Å². The zero-order valence-electron chi connectivity index (χ0n) is 12.4. The Labute approximate surface area is 124 Å². The molecular formula is C14H26BrNO3. The predicted octanol–water partition coefficient (Wildman–Crippen LogP) is 3.62. The average molecular weight is 336 g/mol. The quantitative estimate of drug-likeness (QED) is 0.780. The van der Waals surface area contributed by atoms with Crippen molar-refractivity contribution in [2.75, 3.05) is 11.9 Å². The summed E-state index contributed by atoms with van der Waals surface area (Å²) in [6.07, 6.45) is 4.65. The van der Waals surface area contributed by atoms with E-state index in [4.69, 9.17) is 9.47 Å². The van der Waals surface area contributed by atoms with E-state index >= 15 is 0 Å². The summed E-state index contributed by atoms with van der Waals surface area (Å²) >= 11 is 3.47. The van der Waals surface area contributed by atoms with Crippen molar-refractivity contribution in [3.8, 4) is 0 Å². The van der Waals surface area contributed by atoms with Gasteiger partial charge in [-0.1, -0.05) is 28.8 Å². The molecule has 0 bridgehead atoms. The number of carbonyl (C=O) groups excluding carboxylic acids is 1. The van der Waals surface area contributed by atoms with Crippen molar-refractivity contribution >= 4 is 22.0 Å². The molecule has 1 rings (SSSR count). The van der Waals surface area contributed by atoms with Crippen LogP contribution in [0.5, 0.6) is 0 Å². The number of amides is 1. The maximum atomic E-state index is 11.7. The van der Waals surface area contributed by atoms with Crippen molar-refractivity contribution in [2.24, 2.45) is 0 Å². The standard InChI is InChI=1S/C14H26BrNO3/c1-13(2,3)19-12(17)16-10-14(4,9-15)18-11-7-5-6-8-11/h11H,5-10H2,1-4H3,(H,16,17). The van der Waals surface area contributed by atoms with Gasteiger partial charge in [-0.2, -0.15) is 0 Å². The number of hydrogen-bond acceptors (Lipinski definition) is 3. The van der Waals surface area contributed by atoms with Crippen LogP contribution in [0, 0.1) is 0 Å². The molecule has 4 nitrogen and oxygen atoms in total. The molecule has 1 aliphatic carbocycles. The number of alkyl halides is 1. The number of rotatable bonds is 5. The molecule has 0 aromatic rings. The van der Waals surface area contributed by atoms with E-state index in [2.05, 4.69) is 21.2 Å². The lowest BCUT2D eigenvalue weighted by Crippen LogP contribution is -2.47. The minimum atomic E-state index is -0.471. The van der Waals surface area contributed by atoms with E-state index < -0.39 is 11.7 Å². The fraction of sp³-hybridized carbons (Fsp3) is 0.929.